The summed E-state index contributed by atoms with van der Waals surface area (Å²) in [4.78, 5) is 15.4. The van der Waals surface area contributed by atoms with E-state index in [4.69, 9.17) is 0 Å². The molecular weight excluding hydrogens is 272 g/mol. The molecule has 1 aliphatic heterocycles. The van der Waals surface area contributed by atoms with Crippen molar-refractivity contribution in [3.63, 3.8) is 0 Å². The third-order valence-electron chi connectivity index (χ3n) is 4.02. The lowest BCUT2D eigenvalue weighted by atomic mass is 9.94. The van der Waals surface area contributed by atoms with Crippen molar-refractivity contribution in [1.29, 1.82) is 0 Å². The van der Waals surface area contributed by atoms with E-state index in [9.17, 15) is 9.90 Å². The molecule has 2 N–H and O–H groups in total. The first-order chi connectivity index (χ1) is 9.61. The number of rotatable bonds is 4. The second-order valence-electron chi connectivity index (χ2n) is 5.51. The second kappa shape index (κ2) is 7.09. The third-order valence-corrected chi connectivity index (χ3v) is 5.01. The number of carbonyl (C=O) groups is 1. The normalized spacial score (nSPS) is 22.4. The highest BCUT2D eigenvalue weighted by Gasteiger charge is 2.27. The molecule has 0 radical (unpaired) electrons. The highest BCUT2D eigenvalue weighted by molar-refractivity contribution is 7.10. The monoisotopic (exact) mass is 296 g/mol. The van der Waals surface area contributed by atoms with Gasteiger partial charge in [0.15, 0.2) is 0 Å². The lowest BCUT2D eigenvalue weighted by molar-refractivity contribution is 0.0733. The Morgan fingerprint density at radius 3 is 3.05 bits per heavy atom. The van der Waals surface area contributed by atoms with E-state index >= 15 is 0 Å². The molecule has 1 aliphatic rings. The molecule has 0 bridgehead atoms. The van der Waals surface area contributed by atoms with Gasteiger partial charge in [-0.3, -0.25) is 0 Å². The zero-order chi connectivity index (χ0) is 14.5. The summed E-state index contributed by atoms with van der Waals surface area (Å²) in [6.45, 7) is 5.34. The Morgan fingerprint density at radius 2 is 2.45 bits per heavy atom. The van der Waals surface area contributed by atoms with Crippen LogP contribution in [0.25, 0.3) is 0 Å². The van der Waals surface area contributed by atoms with E-state index in [2.05, 4.69) is 18.3 Å². The predicted molar refractivity (Wildman–Crippen MR) is 81.9 cm³/mol. The Balaban J connectivity index is 1.93. The van der Waals surface area contributed by atoms with Gasteiger partial charge in [0.2, 0.25) is 0 Å². The number of nitrogens with zero attached hydrogens (tertiary/aromatic N) is 1. The van der Waals surface area contributed by atoms with Crippen molar-refractivity contribution in [2.45, 2.75) is 45.3 Å². The molecule has 1 fully saturated rings. The highest BCUT2D eigenvalue weighted by atomic mass is 32.1. The van der Waals surface area contributed by atoms with Crippen LogP contribution in [0.5, 0.6) is 0 Å². The minimum absolute atomic E-state index is 0.00407. The van der Waals surface area contributed by atoms with Crippen LogP contribution in [0.1, 0.15) is 44.0 Å². The summed E-state index contributed by atoms with van der Waals surface area (Å²) in [5.41, 5.74) is 0. The maximum atomic E-state index is 12.4. The first kappa shape index (κ1) is 15.3. The van der Waals surface area contributed by atoms with Gasteiger partial charge >= 0.3 is 6.03 Å². The Morgan fingerprint density at radius 1 is 1.65 bits per heavy atom. The molecule has 5 heteroatoms. The van der Waals surface area contributed by atoms with Gasteiger partial charge in [0.25, 0.3) is 0 Å². The van der Waals surface area contributed by atoms with Crippen molar-refractivity contribution in [2.24, 2.45) is 5.92 Å². The van der Waals surface area contributed by atoms with Crippen molar-refractivity contribution in [3.05, 3.63) is 22.4 Å². The maximum Gasteiger partial charge on any atom is 0.317 e. The van der Waals surface area contributed by atoms with E-state index in [0.717, 1.165) is 25.8 Å². The number of hydrogen-bond donors (Lipinski definition) is 2. The fraction of sp³-hybridized carbons (Fsp3) is 0.667. The third kappa shape index (κ3) is 3.73. The molecule has 4 nitrogen and oxygen atoms in total. The Bertz CT molecular complexity index is 420. The van der Waals surface area contributed by atoms with Crippen molar-refractivity contribution in [3.8, 4) is 0 Å². The van der Waals surface area contributed by atoms with Crippen molar-refractivity contribution < 1.29 is 9.90 Å². The standard InChI is InChI=1S/C15H24N2O2S/c1-3-13(14-7-5-9-20-14)16-15(19)17-8-4-6-12(10-17)11(2)18/h5,7,9,11-13,18H,3-4,6,8,10H2,1-2H3,(H,16,19). The molecule has 2 rings (SSSR count). The number of aliphatic hydroxyl groups is 1. The van der Waals surface area contributed by atoms with Crippen LogP contribution < -0.4 is 5.32 Å². The van der Waals surface area contributed by atoms with E-state index in [1.807, 2.05) is 23.3 Å². The lowest BCUT2D eigenvalue weighted by Crippen LogP contribution is -2.48. The predicted octanol–water partition coefficient (Wildman–Crippen LogP) is 3.00. The first-order valence-corrected chi connectivity index (χ1v) is 8.26. The number of aliphatic hydroxyl groups excluding tert-OH is 1. The number of carbonyl (C=O) groups excluding carboxylic acids is 1. The van der Waals surface area contributed by atoms with Crippen LogP contribution in [-0.2, 0) is 0 Å². The number of urea groups is 1. The quantitative estimate of drug-likeness (QED) is 0.897. The zero-order valence-corrected chi connectivity index (χ0v) is 13.0. The fourth-order valence-corrected chi connectivity index (χ4v) is 3.55. The molecule has 20 heavy (non-hydrogen) atoms. The average Bonchev–Trinajstić information content (AvgIpc) is 2.98. The minimum Gasteiger partial charge on any atom is -0.393 e. The largest absolute Gasteiger partial charge is 0.393 e. The van der Waals surface area contributed by atoms with E-state index in [0.29, 0.717) is 6.54 Å². The van der Waals surface area contributed by atoms with Gasteiger partial charge in [0.05, 0.1) is 12.1 Å². The summed E-state index contributed by atoms with van der Waals surface area (Å²) in [6, 6.07) is 4.16. The molecule has 2 amide bonds. The lowest BCUT2D eigenvalue weighted by Gasteiger charge is -2.35. The van der Waals surface area contributed by atoms with Gasteiger partial charge in [-0.25, -0.2) is 4.79 Å². The van der Waals surface area contributed by atoms with Gasteiger partial charge in [0.1, 0.15) is 0 Å². The van der Waals surface area contributed by atoms with E-state index in [1.165, 1.54) is 4.88 Å². The molecule has 3 atom stereocenters. The van der Waals surface area contributed by atoms with E-state index in [1.54, 1.807) is 11.3 Å². The smallest absolute Gasteiger partial charge is 0.317 e. The summed E-state index contributed by atoms with van der Waals surface area (Å²) in [6.07, 6.45) is 2.52. The summed E-state index contributed by atoms with van der Waals surface area (Å²) >= 11 is 1.68. The number of amides is 2. The number of nitrogens with one attached hydrogen (secondary N) is 1. The highest BCUT2D eigenvalue weighted by Crippen LogP contribution is 2.23. The van der Waals surface area contributed by atoms with Crippen LogP contribution in [0.2, 0.25) is 0 Å². The van der Waals surface area contributed by atoms with Gasteiger partial charge in [-0.2, -0.15) is 0 Å². The minimum atomic E-state index is -0.343. The van der Waals surface area contributed by atoms with Crippen LogP contribution in [-0.4, -0.2) is 35.2 Å². The Labute approximate surface area is 124 Å². The summed E-state index contributed by atoms with van der Waals surface area (Å²) in [7, 11) is 0. The van der Waals surface area contributed by atoms with Crippen LogP contribution in [0.15, 0.2) is 17.5 Å². The fourth-order valence-electron chi connectivity index (χ4n) is 2.69. The molecule has 0 aromatic carbocycles. The SMILES string of the molecule is CCC(NC(=O)N1CCCC(C(C)O)C1)c1cccs1. The van der Waals surface area contributed by atoms with Crippen molar-refractivity contribution in [2.75, 3.05) is 13.1 Å². The Kier molecular flexibility index (Phi) is 5.43. The van der Waals surface area contributed by atoms with Crippen LogP contribution in [0.4, 0.5) is 4.79 Å². The second-order valence-corrected chi connectivity index (χ2v) is 6.49. The van der Waals surface area contributed by atoms with Crippen LogP contribution in [0, 0.1) is 5.92 Å². The van der Waals surface area contributed by atoms with Gasteiger partial charge in [0, 0.05) is 23.9 Å². The molecule has 1 saturated heterocycles. The van der Waals surface area contributed by atoms with Gasteiger partial charge in [-0.15, -0.1) is 11.3 Å². The van der Waals surface area contributed by atoms with Crippen LogP contribution in [0.3, 0.4) is 0 Å². The molecule has 1 aromatic heterocycles. The number of piperidine rings is 1. The average molecular weight is 296 g/mol. The molecule has 0 spiro atoms. The molecule has 0 aliphatic carbocycles. The molecular formula is C15H24N2O2S. The molecule has 112 valence electrons. The van der Waals surface area contributed by atoms with Crippen molar-refractivity contribution >= 4 is 17.4 Å². The molecule has 0 saturated carbocycles. The van der Waals surface area contributed by atoms with E-state index in [-0.39, 0.29) is 24.1 Å². The van der Waals surface area contributed by atoms with Crippen LogP contribution >= 0.6 is 11.3 Å². The summed E-state index contributed by atoms with van der Waals surface area (Å²) in [5.74, 6) is 0.205. The number of thiophene rings is 1. The topological polar surface area (TPSA) is 52.6 Å². The molecule has 1 aromatic rings. The zero-order valence-electron chi connectivity index (χ0n) is 12.2. The van der Waals surface area contributed by atoms with Gasteiger partial charge < -0.3 is 15.3 Å². The van der Waals surface area contributed by atoms with Gasteiger partial charge in [-0.05, 0) is 37.6 Å². The summed E-state index contributed by atoms with van der Waals surface area (Å²) < 4.78 is 0. The molecule has 2 heterocycles. The number of hydrogen-bond acceptors (Lipinski definition) is 3. The Hall–Kier alpha value is -1.07. The first-order valence-electron chi connectivity index (χ1n) is 7.38. The number of likely N-dealkylation sites (tertiary alicyclic amines) is 1. The van der Waals surface area contributed by atoms with Gasteiger partial charge in [-0.1, -0.05) is 13.0 Å². The summed E-state index contributed by atoms with van der Waals surface area (Å²) in [5, 5.41) is 14.8. The molecule has 3 unspecified atom stereocenters. The van der Waals surface area contributed by atoms with E-state index < -0.39 is 0 Å². The maximum absolute atomic E-state index is 12.4. The van der Waals surface area contributed by atoms with Crippen molar-refractivity contribution in [1.82, 2.24) is 10.2 Å².